The van der Waals surface area contributed by atoms with Crippen molar-refractivity contribution < 1.29 is 17.6 Å². The molecule has 21 heavy (non-hydrogen) atoms. The number of hydrogen-bond donors (Lipinski definition) is 2. The van der Waals surface area contributed by atoms with Crippen LogP contribution in [0.5, 0.6) is 0 Å². The fourth-order valence-electron chi connectivity index (χ4n) is 1.96. The van der Waals surface area contributed by atoms with E-state index in [1.54, 1.807) is 0 Å². The molecule has 0 aliphatic carbocycles. The lowest BCUT2D eigenvalue weighted by Crippen LogP contribution is -2.29. The number of hydrogen-bond acceptors (Lipinski definition) is 3. The molecular weight excluding hydrogens is 286 g/mol. The van der Waals surface area contributed by atoms with Gasteiger partial charge in [0.1, 0.15) is 5.82 Å². The van der Waals surface area contributed by atoms with Crippen molar-refractivity contribution in [3.05, 3.63) is 65.2 Å². The van der Waals surface area contributed by atoms with Crippen molar-refractivity contribution in [2.24, 2.45) is 5.84 Å². The lowest BCUT2D eigenvalue weighted by atomic mass is 10.00. The van der Waals surface area contributed by atoms with Gasteiger partial charge in [0.05, 0.1) is 17.8 Å². The molecule has 0 aliphatic heterocycles. The van der Waals surface area contributed by atoms with Crippen LogP contribution in [-0.2, 0) is 12.6 Å². The van der Waals surface area contributed by atoms with E-state index in [0.717, 1.165) is 18.3 Å². The molecule has 0 saturated heterocycles. The number of nitrogens with zero attached hydrogens (tertiary/aromatic N) is 1. The van der Waals surface area contributed by atoms with Gasteiger partial charge in [-0.3, -0.25) is 16.3 Å². The Hall–Kier alpha value is -1.99. The summed E-state index contributed by atoms with van der Waals surface area (Å²) < 4.78 is 50.6. The maximum absolute atomic E-state index is 13.1. The van der Waals surface area contributed by atoms with E-state index in [2.05, 4.69) is 10.4 Å². The molecule has 3 N–H and O–H groups in total. The minimum Gasteiger partial charge on any atom is -0.271 e. The smallest absolute Gasteiger partial charge is 0.271 e. The van der Waals surface area contributed by atoms with Gasteiger partial charge >= 0.3 is 6.18 Å². The summed E-state index contributed by atoms with van der Waals surface area (Å²) in [5.41, 5.74) is 2.97. The molecule has 0 fully saturated rings. The summed E-state index contributed by atoms with van der Waals surface area (Å²) in [5.74, 6) is 4.92. The molecule has 0 spiro atoms. The van der Waals surface area contributed by atoms with Crippen LogP contribution in [0.2, 0.25) is 0 Å². The van der Waals surface area contributed by atoms with Gasteiger partial charge in [0, 0.05) is 6.20 Å². The summed E-state index contributed by atoms with van der Waals surface area (Å²) in [6.07, 6.45) is -1.52. The molecule has 3 nitrogen and oxygen atoms in total. The third kappa shape index (κ3) is 3.99. The van der Waals surface area contributed by atoms with Crippen molar-refractivity contribution >= 4 is 0 Å². The molecule has 7 heteroatoms. The number of benzene rings is 1. The van der Waals surface area contributed by atoms with Gasteiger partial charge < -0.3 is 0 Å². The molecule has 1 aromatic carbocycles. The third-order valence-electron chi connectivity index (χ3n) is 3.05. The third-order valence-corrected chi connectivity index (χ3v) is 3.05. The van der Waals surface area contributed by atoms with Gasteiger partial charge in [-0.15, -0.1) is 0 Å². The number of pyridine rings is 1. The second-order valence-electron chi connectivity index (χ2n) is 4.55. The van der Waals surface area contributed by atoms with E-state index in [9.17, 15) is 17.6 Å². The van der Waals surface area contributed by atoms with Crippen molar-refractivity contribution in [1.29, 1.82) is 0 Å². The second-order valence-corrected chi connectivity index (χ2v) is 4.55. The topological polar surface area (TPSA) is 50.9 Å². The SMILES string of the molecule is NNC(Cc1ccc(C(F)(F)F)cc1)c1cncc(F)c1. The van der Waals surface area contributed by atoms with E-state index in [4.69, 9.17) is 5.84 Å². The number of nitrogens with two attached hydrogens (primary N) is 1. The number of alkyl halides is 3. The average Bonchev–Trinajstić information content (AvgIpc) is 2.44. The maximum Gasteiger partial charge on any atom is 0.416 e. The Labute approximate surface area is 118 Å². The molecule has 0 saturated carbocycles. The van der Waals surface area contributed by atoms with Crippen LogP contribution < -0.4 is 11.3 Å². The molecule has 1 unspecified atom stereocenters. The number of hydrazine groups is 1. The van der Waals surface area contributed by atoms with Crippen LogP contribution in [0.3, 0.4) is 0 Å². The highest BCUT2D eigenvalue weighted by Gasteiger charge is 2.30. The van der Waals surface area contributed by atoms with Gasteiger partial charge in [-0.1, -0.05) is 12.1 Å². The first-order valence-electron chi connectivity index (χ1n) is 6.13. The summed E-state index contributed by atoms with van der Waals surface area (Å²) in [7, 11) is 0. The van der Waals surface area contributed by atoms with Crippen LogP contribution in [0, 0.1) is 5.82 Å². The van der Waals surface area contributed by atoms with E-state index in [1.807, 2.05) is 0 Å². The van der Waals surface area contributed by atoms with E-state index in [1.165, 1.54) is 24.4 Å². The predicted octanol–water partition coefficient (Wildman–Crippen LogP) is 2.99. The van der Waals surface area contributed by atoms with E-state index in [-0.39, 0.29) is 0 Å². The normalized spacial score (nSPS) is 13.2. The van der Waals surface area contributed by atoms with Crippen LogP contribution >= 0.6 is 0 Å². The molecule has 2 aromatic rings. The van der Waals surface area contributed by atoms with Crippen molar-refractivity contribution in [3.8, 4) is 0 Å². The highest BCUT2D eigenvalue weighted by molar-refractivity contribution is 5.27. The molecule has 1 aromatic heterocycles. The van der Waals surface area contributed by atoms with Crippen molar-refractivity contribution in [3.63, 3.8) is 0 Å². The Morgan fingerprint density at radius 2 is 1.81 bits per heavy atom. The van der Waals surface area contributed by atoms with Gasteiger partial charge in [-0.2, -0.15) is 13.2 Å². The first-order chi connectivity index (χ1) is 9.90. The maximum atomic E-state index is 13.1. The monoisotopic (exact) mass is 299 g/mol. The quantitative estimate of drug-likeness (QED) is 0.518. The highest BCUT2D eigenvalue weighted by Crippen LogP contribution is 2.29. The van der Waals surface area contributed by atoms with Crippen molar-refractivity contribution in [2.75, 3.05) is 0 Å². The van der Waals surface area contributed by atoms with Crippen LogP contribution in [0.25, 0.3) is 0 Å². The molecule has 1 atom stereocenters. The number of rotatable bonds is 4. The molecule has 0 aliphatic rings. The lowest BCUT2D eigenvalue weighted by Gasteiger charge is -2.16. The zero-order valence-corrected chi connectivity index (χ0v) is 10.9. The summed E-state index contributed by atoms with van der Waals surface area (Å²) >= 11 is 0. The molecule has 112 valence electrons. The van der Waals surface area contributed by atoms with Gasteiger partial charge in [0.25, 0.3) is 0 Å². The highest BCUT2D eigenvalue weighted by atomic mass is 19.4. The summed E-state index contributed by atoms with van der Waals surface area (Å²) in [4.78, 5) is 3.72. The van der Waals surface area contributed by atoms with Crippen LogP contribution in [0.15, 0.2) is 42.7 Å². The number of nitrogens with one attached hydrogen (secondary N) is 1. The Balaban J connectivity index is 2.15. The largest absolute Gasteiger partial charge is 0.416 e. The zero-order valence-electron chi connectivity index (χ0n) is 10.9. The van der Waals surface area contributed by atoms with Crippen LogP contribution in [-0.4, -0.2) is 4.98 Å². The molecule has 1 heterocycles. The van der Waals surface area contributed by atoms with Gasteiger partial charge in [0.2, 0.25) is 0 Å². The van der Waals surface area contributed by atoms with Crippen LogP contribution in [0.1, 0.15) is 22.7 Å². The van der Waals surface area contributed by atoms with E-state index in [0.29, 0.717) is 17.5 Å². The van der Waals surface area contributed by atoms with Gasteiger partial charge in [-0.05, 0) is 35.7 Å². The van der Waals surface area contributed by atoms with Crippen molar-refractivity contribution in [2.45, 2.75) is 18.6 Å². The fourth-order valence-corrected chi connectivity index (χ4v) is 1.96. The first kappa shape index (κ1) is 15.4. The Morgan fingerprint density at radius 3 is 2.33 bits per heavy atom. The summed E-state index contributed by atoms with van der Waals surface area (Å²) in [5, 5.41) is 0. The van der Waals surface area contributed by atoms with E-state index >= 15 is 0 Å². The van der Waals surface area contributed by atoms with E-state index < -0.39 is 23.6 Å². The number of halogens is 4. The number of aromatic nitrogens is 1. The lowest BCUT2D eigenvalue weighted by molar-refractivity contribution is -0.137. The van der Waals surface area contributed by atoms with Gasteiger partial charge in [-0.25, -0.2) is 4.39 Å². The average molecular weight is 299 g/mol. The zero-order chi connectivity index (χ0) is 15.5. The predicted molar refractivity (Wildman–Crippen MR) is 69.4 cm³/mol. The van der Waals surface area contributed by atoms with Crippen molar-refractivity contribution in [1.82, 2.24) is 10.4 Å². The molecule has 0 bridgehead atoms. The fraction of sp³-hybridized carbons (Fsp3) is 0.214. The molecule has 0 amide bonds. The molecule has 0 radical (unpaired) electrons. The summed E-state index contributed by atoms with van der Waals surface area (Å²) in [6, 6.07) is 5.60. The van der Waals surface area contributed by atoms with Gasteiger partial charge in [0.15, 0.2) is 0 Å². The molecule has 2 rings (SSSR count). The second kappa shape index (κ2) is 6.19. The summed E-state index contributed by atoms with van der Waals surface area (Å²) in [6.45, 7) is 0. The Kier molecular flexibility index (Phi) is 4.54. The van der Waals surface area contributed by atoms with Crippen LogP contribution in [0.4, 0.5) is 17.6 Å². The minimum atomic E-state index is -4.36. The first-order valence-corrected chi connectivity index (χ1v) is 6.13. The standard InChI is InChI=1S/C14H13F4N3/c15-12-6-10(7-20-8-12)13(21-19)5-9-1-3-11(4-2-9)14(16,17)18/h1-4,6-8,13,21H,5,19H2. The minimum absolute atomic E-state index is 0.319. The Bertz CT molecular complexity index is 596. The molecular formula is C14H13F4N3. The Morgan fingerprint density at radius 1 is 1.14 bits per heavy atom.